The Bertz CT molecular complexity index is 969. The first-order valence-corrected chi connectivity index (χ1v) is 10.8. The van der Waals surface area contributed by atoms with Gasteiger partial charge < -0.3 is 15.0 Å². The lowest BCUT2D eigenvalue weighted by molar-refractivity contribution is 0.122. The first kappa shape index (κ1) is 18.4. The molecule has 6 nitrogen and oxygen atoms in total. The Morgan fingerprint density at radius 1 is 1.03 bits per heavy atom. The van der Waals surface area contributed by atoms with E-state index < -0.39 is 0 Å². The van der Waals surface area contributed by atoms with Gasteiger partial charge in [-0.25, -0.2) is 9.97 Å². The summed E-state index contributed by atoms with van der Waals surface area (Å²) in [7, 11) is 0. The second-order valence-electron chi connectivity index (χ2n) is 8.24. The predicted molar refractivity (Wildman–Crippen MR) is 117 cm³/mol. The van der Waals surface area contributed by atoms with Gasteiger partial charge in [-0.3, -0.25) is 4.40 Å². The van der Waals surface area contributed by atoms with Gasteiger partial charge >= 0.3 is 0 Å². The molecule has 1 saturated carbocycles. The van der Waals surface area contributed by atoms with E-state index in [1.165, 1.54) is 37.8 Å². The third-order valence-electron chi connectivity index (χ3n) is 6.07. The van der Waals surface area contributed by atoms with E-state index in [-0.39, 0.29) is 0 Å². The minimum Gasteiger partial charge on any atom is -0.378 e. The highest BCUT2D eigenvalue weighted by Gasteiger charge is 2.20. The summed E-state index contributed by atoms with van der Waals surface area (Å²) in [5.41, 5.74) is 4.50. The zero-order valence-electron chi connectivity index (χ0n) is 17.1. The molecule has 152 valence electrons. The number of hydrogen-bond donors (Lipinski definition) is 1. The van der Waals surface area contributed by atoms with Crippen molar-refractivity contribution in [1.29, 1.82) is 0 Å². The highest BCUT2D eigenvalue weighted by molar-refractivity contribution is 5.77. The van der Waals surface area contributed by atoms with Gasteiger partial charge in [0.2, 0.25) is 5.78 Å². The number of hydrogen-bond acceptors (Lipinski definition) is 5. The number of morpholine rings is 1. The van der Waals surface area contributed by atoms with E-state index in [0.717, 1.165) is 54.7 Å². The smallest absolute Gasteiger partial charge is 0.235 e. The lowest BCUT2D eigenvalue weighted by Gasteiger charge is -2.29. The van der Waals surface area contributed by atoms with Crippen LogP contribution in [-0.2, 0) is 4.74 Å². The molecule has 0 bridgehead atoms. The molecule has 2 aliphatic rings. The number of ether oxygens (including phenoxy) is 1. The lowest BCUT2D eigenvalue weighted by Crippen LogP contribution is -2.36. The standard InChI is InChI=1S/C23H29N5O/c1-17-15-24-23-26-21(22(28(23)16-17)25-19-5-3-2-4-6-19)18-7-9-20(10-8-18)27-11-13-29-14-12-27/h7-10,15-16,19,25H,2-6,11-14H2,1H3. The van der Waals surface area contributed by atoms with Gasteiger partial charge in [-0.05, 0) is 37.5 Å². The fraction of sp³-hybridized carbons (Fsp3) is 0.478. The molecule has 3 aromatic rings. The fourth-order valence-corrected chi connectivity index (χ4v) is 4.46. The van der Waals surface area contributed by atoms with Crippen LogP contribution >= 0.6 is 0 Å². The van der Waals surface area contributed by atoms with E-state index in [9.17, 15) is 0 Å². The summed E-state index contributed by atoms with van der Waals surface area (Å²) in [5, 5.41) is 3.81. The van der Waals surface area contributed by atoms with Gasteiger partial charge in [0.25, 0.3) is 0 Å². The summed E-state index contributed by atoms with van der Waals surface area (Å²) in [5.74, 6) is 1.82. The highest BCUT2D eigenvalue weighted by Crippen LogP contribution is 2.32. The first-order chi connectivity index (χ1) is 14.3. The van der Waals surface area contributed by atoms with Crippen LogP contribution in [-0.4, -0.2) is 46.7 Å². The van der Waals surface area contributed by atoms with Crippen molar-refractivity contribution in [3.8, 4) is 11.3 Å². The Morgan fingerprint density at radius 3 is 2.55 bits per heavy atom. The van der Waals surface area contributed by atoms with Gasteiger partial charge in [0.15, 0.2) is 0 Å². The molecule has 0 spiro atoms. The van der Waals surface area contributed by atoms with Crippen molar-refractivity contribution < 1.29 is 4.74 Å². The molecule has 1 aliphatic carbocycles. The van der Waals surface area contributed by atoms with E-state index in [4.69, 9.17) is 9.72 Å². The number of nitrogens with zero attached hydrogens (tertiary/aromatic N) is 4. The Balaban J connectivity index is 1.50. The molecule has 3 heterocycles. The molecule has 1 aliphatic heterocycles. The molecule has 2 aromatic heterocycles. The molecule has 1 saturated heterocycles. The normalized spacial score (nSPS) is 18.3. The SMILES string of the molecule is Cc1cnc2nc(-c3ccc(N4CCOCC4)cc3)c(NC3CCCCC3)n2c1. The number of benzene rings is 1. The number of imidazole rings is 1. The Morgan fingerprint density at radius 2 is 1.79 bits per heavy atom. The molecule has 1 aromatic carbocycles. The van der Waals surface area contributed by atoms with Crippen molar-refractivity contribution in [3.05, 3.63) is 42.2 Å². The summed E-state index contributed by atoms with van der Waals surface area (Å²) < 4.78 is 7.60. The van der Waals surface area contributed by atoms with E-state index >= 15 is 0 Å². The number of aryl methyl sites for hydroxylation is 1. The quantitative estimate of drug-likeness (QED) is 0.719. The van der Waals surface area contributed by atoms with Crippen molar-refractivity contribution in [3.63, 3.8) is 0 Å². The van der Waals surface area contributed by atoms with Crippen LogP contribution in [0.4, 0.5) is 11.5 Å². The maximum absolute atomic E-state index is 5.48. The van der Waals surface area contributed by atoms with Crippen LogP contribution < -0.4 is 10.2 Å². The minimum atomic E-state index is 0.510. The summed E-state index contributed by atoms with van der Waals surface area (Å²) in [6.45, 7) is 5.58. The molecular formula is C23H29N5O. The molecular weight excluding hydrogens is 362 g/mol. The van der Waals surface area contributed by atoms with Crippen LogP contribution in [0, 0.1) is 6.92 Å². The van der Waals surface area contributed by atoms with Crippen LogP contribution in [0.5, 0.6) is 0 Å². The van der Waals surface area contributed by atoms with E-state index in [1.807, 2.05) is 6.20 Å². The first-order valence-electron chi connectivity index (χ1n) is 10.8. The third-order valence-corrected chi connectivity index (χ3v) is 6.07. The van der Waals surface area contributed by atoms with Crippen molar-refractivity contribution in [2.24, 2.45) is 0 Å². The van der Waals surface area contributed by atoms with Crippen LogP contribution in [0.25, 0.3) is 17.0 Å². The number of nitrogens with one attached hydrogen (secondary N) is 1. The third kappa shape index (κ3) is 3.81. The molecule has 6 heteroatoms. The fourth-order valence-electron chi connectivity index (χ4n) is 4.46. The summed E-state index contributed by atoms with van der Waals surface area (Å²) in [6.07, 6.45) is 10.4. The van der Waals surface area contributed by atoms with Crippen molar-refractivity contribution >= 4 is 17.3 Å². The largest absolute Gasteiger partial charge is 0.378 e. The zero-order chi connectivity index (χ0) is 19.6. The van der Waals surface area contributed by atoms with E-state index in [0.29, 0.717) is 6.04 Å². The van der Waals surface area contributed by atoms with Gasteiger partial charge in [0, 0.05) is 42.8 Å². The molecule has 0 radical (unpaired) electrons. The average Bonchev–Trinajstić information content (AvgIpc) is 3.13. The van der Waals surface area contributed by atoms with Crippen LogP contribution in [0.1, 0.15) is 37.7 Å². The van der Waals surface area contributed by atoms with Crippen LogP contribution in [0.15, 0.2) is 36.7 Å². The maximum atomic E-state index is 5.48. The molecule has 5 rings (SSSR count). The maximum Gasteiger partial charge on any atom is 0.235 e. The topological polar surface area (TPSA) is 54.7 Å². The number of rotatable bonds is 4. The predicted octanol–water partition coefficient (Wildman–Crippen LogP) is 4.29. The molecule has 0 unspecified atom stereocenters. The number of anilines is 2. The summed E-state index contributed by atoms with van der Waals surface area (Å²) in [6, 6.07) is 9.29. The van der Waals surface area contributed by atoms with Crippen molar-refractivity contribution in [1.82, 2.24) is 14.4 Å². The second-order valence-corrected chi connectivity index (χ2v) is 8.24. The number of aromatic nitrogens is 3. The van der Waals surface area contributed by atoms with Gasteiger partial charge in [0.05, 0.1) is 13.2 Å². The Hall–Kier alpha value is -2.60. The van der Waals surface area contributed by atoms with Gasteiger partial charge in [-0.15, -0.1) is 0 Å². The molecule has 0 atom stereocenters. The van der Waals surface area contributed by atoms with Crippen LogP contribution in [0.3, 0.4) is 0 Å². The minimum absolute atomic E-state index is 0.510. The zero-order valence-corrected chi connectivity index (χ0v) is 17.1. The van der Waals surface area contributed by atoms with E-state index in [1.54, 1.807) is 0 Å². The van der Waals surface area contributed by atoms with E-state index in [2.05, 4.69) is 57.0 Å². The Kier molecular flexibility index (Phi) is 5.10. The average molecular weight is 392 g/mol. The summed E-state index contributed by atoms with van der Waals surface area (Å²) in [4.78, 5) is 11.8. The summed E-state index contributed by atoms with van der Waals surface area (Å²) >= 11 is 0. The van der Waals surface area contributed by atoms with Crippen molar-refractivity contribution in [2.45, 2.75) is 45.1 Å². The number of fused-ring (bicyclic) bond motifs is 1. The van der Waals surface area contributed by atoms with Gasteiger partial charge in [-0.2, -0.15) is 0 Å². The molecule has 2 fully saturated rings. The van der Waals surface area contributed by atoms with Crippen molar-refractivity contribution in [2.75, 3.05) is 36.5 Å². The molecule has 1 N–H and O–H groups in total. The lowest BCUT2D eigenvalue weighted by atomic mass is 9.95. The van der Waals surface area contributed by atoms with Gasteiger partial charge in [0.1, 0.15) is 11.5 Å². The van der Waals surface area contributed by atoms with Crippen LogP contribution in [0.2, 0.25) is 0 Å². The monoisotopic (exact) mass is 391 g/mol. The Labute approximate surface area is 171 Å². The molecule has 0 amide bonds. The van der Waals surface area contributed by atoms with Gasteiger partial charge in [-0.1, -0.05) is 31.4 Å². The second kappa shape index (κ2) is 8.03. The molecule has 29 heavy (non-hydrogen) atoms. The highest BCUT2D eigenvalue weighted by atomic mass is 16.5.